The first kappa shape index (κ1) is 14.4. The number of hydrogen-bond donors (Lipinski definition) is 0. The highest BCUT2D eigenvalue weighted by molar-refractivity contribution is 6.30. The predicted octanol–water partition coefficient (Wildman–Crippen LogP) is 5.44. The average molecular weight is 286 g/mol. The molecule has 0 aliphatic carbocycles. The zero-order valence-corrected chi connectivity index (χ0v) is 12.5. The van der Waals surface area contributed by atoms with Crippen LogP contribution in [-0.4, -0.2) is 0 Å². The van der Waals surface area contributed by atoms with E-state index in [1.54, 1.807) is 18.2 Å². The van der Waals surface area contributed by atoms with Crippen molar-refractivity contribution < 1.29 is 4.74 Å². The van der Waals surface area contributed by atoms with E-state index in [2.05, 4.69) is 26.0 Å². The first-order chi connectivity index (χ1) is 9.51. The van der Waals surface area contributed by atoms with Crippen molar-refractivity contribution in [2.45, 2.75) is 26.7 Å². The molecule has 0 fully saturated rings. The van der Waals surface area contributed by atoms with Crippen LogP contribution < -0.4 is 4.74 Å². The molecule has 0 amide bonds. The van der Waals surface area contributed by atoms with E-state index in [4.69, 9.17) is 21.6 Å². The summed E-state index contributed by atoms with van der Waals surface area (Å²) in [4.78, 5) is 0. The van der Waals surface area contributed by atoms with Gasteiger partial charge in [0, 0.05) is 5.02 Å². The SMILES string of the molecule is Cc1ccc(C(C)C)cc1Oc1ccc(Cl)cc1C#N. The molecule has 0 N–H and O–H groups in total. The molecule has 0 bridgehead atoms. The Labute approximate surface area is 124 Å². The Balaban J connectivity index is 2.40. The normalized spacial score (nSPS) is 10.4. The molecule has 102 valence electrons. The number of rotatable bonds is 3. The van der Waals surface area contributed by atoms with Crippen molar-refractivity contribution in [2.24, 2.45) is 0 Å². The van der Waals surface area contributed by atoms with E-state index in [1.165, 1.54) is 5.56 Å². The second-order valence-electron chi connectivity index (χ2n) is 5.03. The molecular weight excluding hydrogens is 270 g/mol. The highest BCUT2D eigenvalue weighted by atomic mass is 35.5. The lowest BCUT2D eigenvalue weighted by molar-refractivity contribution is 0.476. The smallest absolute Gasteiger partial charge is 0.145 e. The van der Waals surface area contributed by atoms with Gasteiger partial charge in [0.1, 0.15) is 17.6 Å². The first-order valence-electron chi connectivity index (χ1n) is 6.49. The van der Waals surface area contributed by atoms with E-state index in [0.29, 0.717) is 22.3 Å². The summed E-state index contributed by atoms with van der Waals surface area (Å²) in [5.74, 6) is 1.73. The summed E-state index contributed by atoms with van der Waals surface area (Å²) in [7, 11) is 0. The predicted molar refractivity (Wildman–Crippen MR) is 81.5 cm³/mol. The zero-order chi connectivity index (χ0) is 14.7. The maximum atomic E-state index is 9.14. The van der Waals surface area contributed by atoms with Crippen LogP contribution in [0, 0.1) is 18.3 Å². The van der Waals surface area contributed by atoms with Crippen LogP contribution in [0.2, 0.25) is 5.02 Å². The minimum atomic E-state index is 0.429. The van der Waals surface area contributed by atoms with Gasteiger partial charge < -0.3 is 4.74 Å². The number of nitriles is 1. The van der Waals surface area contributed by atoms with Crippen molar-refractivity contribution in [3.8, 4) is 17.6 Å². The van der Waals surface area contributed by atoms with Crippen LogP contribution >= 0.6 is 11.6 Å². The van der Waals surface area contributed by atoms with Crippen LogP contribution in [0.5, 0.6) is 11.5 Å². The second kappa shape index (κ2) is 5.98. The number of aryl methyl sites for hydroxylation is 1. The van der Waals surface area contributed by atoms with Gasteiger partial charge in [0.25, 0.3) is 0 Å². The van der Waals surface area contributed by atoms with Crippen molar-refractivity contribution in [1.29, 1.82) is 5.26 Å². The zero-order valence-electron chi connectivity index (χ0n) is 11.8. The fraction of sp³-hybridized carbons (Fsp3) is 0.235. The van der Waals surface area contributed by atoms with E-state index in [9.17, 15) is 0 Å². The Hall–Kier alpha value is -1.98. The lowest BCUT2D eigenvalue weighted by Crippen LogP contribution is -1.94. The fourth-order valence-corrected chi connectivity index (χ4v) is 2.05. The number of benzene rings is 2. The summed E-state index contributed by atoms with van der Waals surface area (Å²) < 4.78 is 5.90. The Morgan fingerprint density at radius 3 is 2.50 bits per heavy atom. The Bertz CT molecular complexity index is 671. The highest BCUT2D eigenvalue weighted by Gasteiger charge is 2.09. The van der Waals surface area contributed by atoms with Crippen LogP contribution in [0.1, 0.15) is 36.5 Å². The molecule has 0 saturated carbocycles. The molecule has 0 radical (unpaired) electrons. The molecule has 0 saturated heterocycles. The van der Waals surface area contributed by atoms with Crippen LogP contribution in [0.15, 0.2) is 36.4 Å². The molecule has 20 heavy (non-hydrogen) atoms. The molecule has 0 atom stereocenters. The quantitative estimate of drug-likeness (QED) is 0.752. The van der Waals surface area contributed by atoms with Gasteiger partial charge in [0.15, 0.2) is 0 Å². The number of halogens is 1. The van der Waals surface area contributed by atoms with Gasteiger partial charge in [-0.2, -0.15) is 5.26 Å². The Morgan fingerprint density at radius 1 is 1.10 bits per heavy atom. The fourth-order valence-electron chi connectivity index (χ4n) is 1.88. The third kappa shape index (κ3) is 3.12. The minimum absolute atomic E-state index is 0.429. The standard InChI is InChI=1S/C17H16ClNO/c1-11(2)13-5-4-12(3)17(9-13)20-16-7-6-15(18)8-14(16)10-19/h4-9,11H,1-3H3. The van der Waals surface area contributed by atoms with Gasteiger partial charge in [-0.1, -0.05) is 37.6 Å². The third-order valence-electron chi connectivity index (χ3n) is 3.16. The molecule has 0 aliphatic rings. The van der Waals surface area contributed by atoms with E-state index in [0.717, 1.165) is 11.3 Å². The third-order valence-corrected chi connectivity index (χ3v) is 3.40. The van der Waals surface area contributed by atoms with Crippen molar-refractivity contribution in [3.05, 3.63) is 58.1 Å². The van der Waals surface area contributed by atoms with Crippen LogP contribution in [0.25, 0.3) is 0 Å². The number of hydrogen-bond acceptors (Lipinski definition) is 2. The highest BCUT2D eigenvalue weighted by Crippen LogP contribution is 2.31. The summed E-state index contributed by atoms with van der Waals surface area (Å²) in [5, 5.41) is 9.67. The summed E-state index contributed by atoms with van der Waals surface area (Å²) in [6, 6.07) is 13.3. The molecule has 3 heteroatoms. The molecule has 2 aromatic rings. The first-order valence-corrected chi connectivity index (χ1v) is 6.87. The molecule has 2 nitrogen and oxygen atoms in total. The molecule has 2 aromatic carbocycles. The van der Waals surface area contributed by atoms with E-state index >= 15 is 0 Å². The molecule has 0 aliphatic heterocycles. The van der Waals surface area contributed by atoms with E-state index in [-0.39, 0.29) is 0 Å². The maximum absolute atomic E-state index is 9.14. The van der Waals surface area contributed by atoms with Crippen LogP contribution in [0.4, 0.5) is 0 Å². The number of nitrogens with zero attached hydrogens (tertiary/aromatic N) is 1. The lowest BCUT2D eigenvalue weighted by atomic mass is 10.0. The van der Waals surface area contributed by atoms with Gasteiger partial charge in [0.2, 0.25) is 0 Å². The summed E-state index contributed by atoms with van der Waals surface area (Å²) in [6.45, 7) is 6.26. The van der Waals surface area contributed by atoms with Crippen molar-refractivity contribution >= 4 is 11.6 Å². The van der Waals surface area contributed by atoms with Crippen LogP contribution in [0.3, 0.4) is 0 Å². The van der Waals surface area contributed by atoms with E-state index < -0.39 is 0 Å². The molecule has 0 aromatic heterocycles. The summed E-state index contributed by atoms with van der Waals surface area (Å²) in [6.07, 6.45) is 0. The largest absolute Gasteiger partial charge is 0.456 e. The average Bonchev–Trinajstić information content (AvgIpc) is 2.42. The molecule has 0 unspecified atom stereocenters. The number of ether oxygens (including phenoxy) is 1. The van der Waals surface area contributed by atoms with Gasteiger partial charge in [-0.15, -0.1) is 0 Å². The monoisotopic (exact) mass is 285 g/mol. The topological polar surface area (TPSA) is 33.0 Å². The second-order valence-corrected chi connectivity index (χ2v) is 5.47. The lowest BCUT2D eigenvalue weighted by Gasteiger charge is -2.13. The van der Waals surface area contributed by atoms with Crippen molar-refractivity contribution in [3.63, 3.8) is 0 Å². The van der Waals surface area contributed by atoms with Gasteiger partial charge >= 0.3 is 0 Å². The van der Waals surface area contributed by atoms with Gasteiger partial charge in [0.05, 0.1) is 5.56 Å². The maximum Gasteiger partial charge on any atom is 0.145 e. The van der Waals surface area contributed by atoms with Gasteiger partial charge in [-0.25, -0.2) is 0 Å². The molecule has 0 heterocycles. The Morgan fingerprint density at radius 2 is 1.85 bits per heavy atom. The van der Waals surface area contributed by atoms with Crippen molar-refractivity contribution in [2.75, 3.05) is 0 Å². The summed E-state index contributed by atoms with van der Waals surface area (Å²) >= 11 is 5.89. The van der Waals surface area contributed by atoms with E-state index in [1.807, 2.05) is 19.1 Å². The molecular formula is C17H16ClNO. The van der Waals surface area contributed by atoms with Gasteiger partial charge in [-0.05, 0) is 48.2 Å². The summed E-state index contributed by atoms with van der Waals surface area (Å²) in [5.41, 5.74) is 2.68. The van der Waals surface area contributed by atoms with Crippen LogP contribution in [-0.2, 0) is 0 Å². The van der Waals surface area contributed by atoms with Crippen molar-refractivity contribution in [1.82, 2.24) is 0 Å². The molecule has 0 spiro atoms. The van der Waals surface area contributed by atoms with Gasteiger partial charge in [-0.3, -0.25) is 0 Å². The Kier molecular flexibility index (Phi) is 4.32. The molecule has 2 rings (SSSR count). The minimum Gasteiger partial charge on any atom is -0.456 e.